The number of anilines is 1. The number of fused-ring (bicyclic) bond motifs is 1. The summed E-state index contributed by atoms with van der Waals surface area (Å²) in [5, 5.41) is 5.42. The summed E-state index contributed by atoms with van der Waals surface area (Å²) in [5.74, 6) is -0.538. The van der Waals surface area contributed by atoms with Gasteiger partial charge in [-0.25, -0.2) is 13.2 Å². The first-order chi connectivity index (χ1) is 20.5. The second kappa shape index (κ2) is 12.2. The highest BCUT2D eigenvalue weighted by Crippen LogP contribution is 2.31. The maximum absolute atomic E-state index is 14.2. The quantitative estimate of drug-likeness (QED) is 0.205. The molecule has 0 N–H and O–H groups in total. The molecule has 1 saturated heterocycles. The number of benzene rings is 4. The summed E-state index contributed by atoms with van der Waals surface area (Å²) in [4.78, 5) is 17.8. The first-order valence-corrected chi connectivity index (χ1v) is 14.2. The van der Waals surface area contributed by atoms with Gasteiger partial charge >= 0.3 is 0 Å². The van der Waals surface area contributed by atoms with Gasteiger partial charge in [0.2, 0.25) is 0 Å². The number of rotatable bonds is 8. The van der Waals surface area contributed by atoms with E-state index in [-0.39, 0.29) is 23.5 Å². The number of halogens is 3. The van der Waals surface area contributed by atoms with Gasteiger partial charge in [-0.3, -0.25) is 9.69 Å². The van der Waals surface area contributed by atoms with Gasteiger partial charge in [-0.2, -0.15) is 4.68 Å². The average molecular weight is 569 g/mol. The van der Waals surface area contributed by atoms with Gasteiger partial charge < -0.3 is 4.90 Å². The van der Waals surface area contributed by atoms with Crippen LogP contribution in [-0.4, -0.2) is 53.3 Å². The number of hydrogen-bond donors (Lipinski definition) is 0. The fourth-order valence-corrected chi connectivity index (χ4v) is 5.78. The van der Waals surface area contributed by atoms with E-state index in [0.717, 1.165) is 62.1 Å². The van der Waals surface area contributed by atoms with Crippen LogP contribution in [0, 0.1) is 17.5 Å². The molecule has 1 fully saturated rings. The van der Waals surface area contributed by atoms with Crippen LogP contribution in [0.2, 0.25) is 0 Å². The minimum absolute atomic E-state index is 0.0466. The molecule has 0 aliphatic carbocycles. The Morgan fingerprint density at radius 1 is 0.738 bits per heavy atom. The molecule has 1 aliphatic rings. The summed E-state index contributed by atoms with van der Waals surface area (Å²) in [5.41, 5.74) is 2.96. The molecule has 4 aromatic carbocycles. The predicted octanol–water partition coefficient (Wildman–Crippen LogP) is 6.88. The van der Waals surface area contributed by atoms with Crippen molar-refractivity contribution in [1.82, 2.24) is 14.7 Å². The zero-order valence-electron chi connectivity index (χ0n) is 23.1. The summed E-state index contributed by atoms with van der Waals surface area (Å²) in [6.45, 7) is 3.98. The number of piperazine rings is 1. The van der Waals surface area contributed by atoms with Crippen LogP contribution in [0.4, 0.5) is 19.0 Å². The number of carbonyl (C=O) groups excluding carboxylic acids is 1. The van der Waals surface area contributed by atoms with Crippen LogP contribution >= 0.6 is 0 Å². The van der Waals surface area contributed by atoms with Crippen LogP contribution in [0.15, 0.2) is 97.1 Å². The summed E-state index contributed by atoms with van der Waals surface area (Å²) in [7, 11) is 0. The molecule has 0 bridgehead atoms. The maximum atomic E-state index is 14.2. The Morgan fingerprint density at radius 2 is 1.33 bits per heavy atom. The predicted molar refractivity (Wildman–Crippen MR) is 158 cm³/mol. The molecule has 2 heterocycles. The van der Waals surface area contributed by atoms with Crippen molar-refractivity contribution in [2.75, 3.05) is 37.6 Å². The third-order valence-electron chi connectivity index (χ3n) is 8.02. The topological polar surface area (TPSA) is 41.4 Å². The summed E-state index contributed by atoms with van der Waals surface area (Å²) < 4.78 is 42.7. The SMILES string of the molecule is O=C(c1ccccc1)n1nc(N2CCN(CCCC(c3ccc(F)cc3)c3ccc(F)cc3)CC2)c2ccc(F)cc21. The van der Waals surface area contributed by atoms with Crippen molar-refractivity contribution < 1.29 is 18.0 Å². The van der Waals surface area contributed by atoms with Crippen LogP contribution in [0.3, 0.4) is 0 Å². The Kier molecular flexibility index (Phi) is 8.06. The van der Waals surface area contributed by atoms with Crippen molar-refractivity contribution in [3.63, 3.8) is 0 Å². The third kappa shape index (κ3) is 5.94. The Bertz CT molecular complexity index is 1620. The lowest BCUT2D eigenvalue weighted by Gasteiger charge is -2.35. The number of hydrogen-bond acceptors (Lipinski definition) is 4. The monoisotopic (exact) mass is 568 g/mol. The largest absolute Gasteiger partial charge is 0.352 e. The minimum Gasteiger partial charge on any atom is -0.352 e. The van der Waals surface area contributed by atoms with Crippen LogP contribution in [0.1, 0.15) is 40.2 Å². The molecule has 1 aromatic heterocycles. The normalized spacial score (nSPS) is 14.1. The molecule has 0 amide bonds. The minimum atomic E-state index is -0.416. The molecule has 5 nitrogen and oxygen atoms in total. The van der Waals surface area contributed by atoms with Gasteiger partial charge in [-0.15, -0.1) is 5.10 Å². The van der Waals surface area contributed by atoms with Crippen LogP contribution in [0.5, 0.6) is 0 Å². The molecular formula is C34H31F3N4O. The van der Waals surface area contributed by atoms with Gasteiger partial charge in [0.05, 0.1) is 5.52 Å². The fraction of sp³-hybridized carbons (Fsp3) is 0.235. The molecule has 0 unspecified atom stereocenters. The van der Waals surface area contributed by atoms with Crippen molar-refractivity contribution in [3.05, 3.63) is 131 Å². The number of aromatic nitrogens is 2. The highest BCUT2D eigenvalue weighted by atomic mass is 19.1. The lowest BCUT2D eigenvalue weighted by molar-refractivity contribution is 0.0950. The average Bonchev–Trinajstić information content (AvgIpc) is 3.39. The van der Waals surface area contributed by atoms with Gasteiger partial charge in [0, 0.05) is 49.1 Å². The van der Waals surface area contributed by atoms with E-state index < -0.39 is 5.82 Å². The van der Waals surface area contributed by atoms with Crippen LogP contribution < -0.4 is 4.90 Å². The Labute approximate surface area is 242 Å². The first kappa shape index (κ1) is 27.7. The van der Waals surface area contributed by atoms with Gasteiger partial charge in [-0.05, 0) is 79.0 Å². The van der Waals surface area contributed by atoms with E-state index in [0.29, 0.717) is 16.9 Å². The molecule has 42 heavy (non-hydrogen) atoms. The molecule has 6 rings (SSSR count). The van der Waals surface area contributed by atoms with E-state index >= 15 is 0 Å². The molecule has 214 valence electrons. The molecule has 5 aromatic rings. The molecule has 0 spiro atoms. The maximum Gasteiger partial charge on any atom is 0.278 e. The van der Waals surface area contributed by atoms with Crippen LogP contribution in [0.25, 0.3) is 10.9 Å². The standard InChI is InChI=1S/C34H31F3N4O/c35-27-12-8-24(9-13-27)30(25-10-14-28(36)15-11-25)7-4-18-39-19-21-40(22-20-39)33-31-17-16-29(37)23-32(31)41(38-33)34(42)26-5-2-1-3-6-26/h1-3,5-6,8-17,23,30H,4,7,18-22H2. The second-order valence-corrected chi connectivity index (χ2v) is 10.7. The second-order valence-electron chi connectivity index (χ2n) is 10.7. The first-order valence-electron chi connectivity index (χ1n) is 14.2. The lowest BCUT2D eigenvalue weighted by atomic mass is 9.87. The molecular weight excluding hydrogens is 537 g/mol. The van der Waals surface area contributed by atoms with E-state index in [1.807, 2.05) is 6.07 Å². The molecule has 0 atom stereocenters. The zero-order chi connectivity index (χ0) is 29.1. The van der Waals surface area contributed by atoms with Gasteiger partial charge in [0.25, 0.3) is 5.91 Å². The third-order valence-corrected chi connectivity index (χ3v) is 8.02. The van der Waals surface area contributed by atoms with E-state index in [1.165, 1.54) is 41.1 Å². The fourth-order valence-electron chi connectivity index (χ4n) is 5.78. The van der Waals surface area contributed by atoms with Gasteiger partial charge in [-0.1, -0.05) is 42.5 Å². The van der Waals surface area contributed by atoms with Crippen molar-refractivity contribution >= 4 is 22.6 Å². The highest BCUT2D eigenvalue weighted by molar-refractivity contribution is 6.03. The van der Waals surface area contributed by atoms with E-state index in [1.54, 1.807) is 54.6 Å². The summed E-state index contributed by atoms with van der Waals surface area (Å²) in [6.07, 6.45) is 1.77. The van der Waals surface area contributed by atoms with Gasteiger partial charge in [0.1, 0.15) is 17.5 Å². The molecule has 0 saturated carbocycles. The molecule has 1 aliphatic heterocycles. The van der Waals surface area contributed by atoms with E-state index in [4.69, 9.17) is 0 Å². The summed E-state index contributed by atoms with van der Waals surface area (Å²) >= 11 is 0. The zero-order valence-corrected chi connectivity index (χ0v) is 23.1. The van der Waals surface area contributed by atoms with Crippen molar-refractivity contribution in [1.29, 1.82) is 0 Å². The Morgan fingerprint density at radius 3 is 1.95 bits per heavy atom. The Hall–Kier alpha value is -4.43. The van der Waals surface area contributed by atoms with Crippen molar-refractivity contribution in [3.8, 4) is 0 Å². The highest BCUT2D eigenvalue weighted by Gasteiger charge is 2.25. The van der Waals surface area contributed by atoms with E-state index in [9.17, 15) is 18.0 Å². The van der Waals surface area contributed by atoms with E-state index in [2.05, 4.69) is 14.9 Å². The van der Waals surface area contributed by atoms with Crippen LogP contribution in [-0.2, 0) is 0 Å². The lowest BCUT2D eigenvalue weighted by Crippen LogP contribution is -2.47. The number of nitrogens with zero attached hydrogens (tertiary/aromatic N) is 4. The van der Waals surface area contributed by atoms with Crippen molar-refractivity contribution in [2.24, 2.45) is 0 Å². The van der Waals surface area contributed by atoms with Crippen molar-refractivity contribution in [2.45, 2.75) is 18.8 Å². The molecule has 8 heteroatoms. The molecule has 0 radical (unpaired) electrons. The summed E-state index contributed by atoms with van der Waals surface area (Å²) in [6, 6.07) is 26.4. The van der Waals surface area contributed by atoms with Gasteiger partial charge in [0.15, 0.2) is 5.82 Å². The number of carbonyl (C=O) groups is 1. The Balaban J connectivity index is 1.12. The smallest absolute Gasteiger partial charge is 0.278 e.